The molecule has 0 atom stereocenters. The van der Waals surface area contributed by atoms with Crippen LogP contribution in [0.25, 0.3) is 0 Å². The molecule has 0 radical (unpaired) electrons. The SMILES string of the molecule is CCN(Cc1ccc(Cl)s1)C(=O)Cc1cccc(O)c1. The van der Waals surface area contributed by atoms with E-state index >= 15 is 0 Å². The van der Waals surface area contributed by atoms with Crippen LogP contribution in [0, 0.1) is 0 Å². The minimum absolute atomic E-state index is 0.0441. The Balaban J connectivity index is 2.02. The van der Waals surface area contributed by atoms with Gasteiger partial charge in [-0.15, -0.1) is 11.3 Å². The second-order valence-electron chi connectivity index (χ2n) is 4.46. The molecule has 0 aliphatic carbocycles. The van der Waals surface area contributed by atoms with E-state index in [-0.39, 0.29) is 11.7 Å². The molecule has 0 saturated heterocycles. The van der Waals surface area contributed by atoms with Crippen molar-refractivity contribution >= 4 is 28.8 Å². The summed E-state index contributed by atoms with van der Waals surface area (Å²) in [7, 11) is 0. The standard InChI is InChI=1S/C15H16ClNO2S/c1-2-17(10-13-6-7-14(16)20-13)15(19)9-11-4-3-5-12(18)8-11/h3-8,18H,2,9-10H2,1H3. The molecule has 3 nitrogen and oxygen atoms in total. The van der Waals surface area contributed by atoms with Gasteiger partial charge in [-0.05, 0) is 36.8 Å². The molecule has 1 heterocycles. The third-order valence-electron chi connectivity index (χ3n) is 2.98. The van der Waals surface area contributed by atoms with Gasteiger partial charge in [0.1, 0.15) is 5.75 Å². The van der Waals surface area contributed by atoms with Crippen LogP contribution >= 0.6 is 22.9 Å². The van der Waals surface area contributed by atoms with E-state index in [0.717, 1.165) is 14.8 Å². The number of hydrogen-bond donors (Lipinski definition) is 1. The Kier molecular flexibility index (Phi) is 5.04. The fourth-order valence-electron chi connectivity index (χ4n) is 1.95. The molecular formula is C15H16ClNO2S. The molecule has 1 amide bonds. The molecule has 2 aromatic rings. The number of amides is 1. The minimum atomic E-state index is 0.0441. The van der Waals surface area contributed by atoms with Gasteiger partial charge in [0.2, 0.25) is 5.91 Å². The number of rotatable bonds is 5. The Hall–Kier alpha value is -1.52. The highest BCUT2D eigenvalue weighted by molar-refractivity contribution is 7.16. The molecule has 1 aromatic carbocycles. The average molecular weight is 310 g/mol. The summed E-state index contributed by atoms with van der Waals surface area (Å²) in [6, 6.07) is 10.6. The summed E-state index contributed by atoms with van der Waals surface area (Å²) in [5.41, 5.74) is 0.817. The summed E-state index contributed by atoms with van der Waals surface area (Å²) in [5.74, 6) is 0.228. The first-order chi connectivity index (χ1) is 9.58. The zero-order chi connectivity index (χ0) is 14.5. The highest BCUT2D eigenvalue weighted by Crippen LogP contribution is 2.23. The second-order valence-corrected chi connectivity index (χ2v) is 6.26. The average Bonchev–Trinajstić information content (AvgIpc) is 2.81. The number of aromatic hydroxyl groups is 1. The lowest BCUT2D eigenvalue weighted by Gasteiger charge is -2.20. The first-order valence-corrected chi connectivity index (χ1v) is 7.58. The van der Waals surface area contributed by atoms with Crippen molar-refractivity contribution in [2.24, 2.45) is 0 Å². The maximum Gasteiger partial charge on any atom is 0.227 e. The highest BCUT2D eigenvalue weighted by Gasteiger charge is 2.14. The van der Waals surface area contributed by atoms with Gasteiger partial charge < -0.3 is 10.0 Å². The van der Waals surface area contributed by atoms with Crippen LogP contribution in [0.1, 0.15) is 17.4 Å². The summed E-state index contributed by atoms with van der Waals surface area (Å²) in [6.07, 6.45) is 0.293. The number of carbonyl (C=O) groups excluding carboxylic acids is 1. The number of halogens is 1. The van der Waals surface area contributed by atoms with Crippen molar-refractivity contribution in [1.29, 1.82) is 0 Å². The van der Waals surface area contributed by atoms with E-state index in [1.54, 1.807) is 23.1 Å². The Morgan fingerprint density at radius 1 is 1.35 bits per heavy atom. The highest BCUT2D eigenvalue weighted by atomic mass is 35.5. The lowest BCUT2D eigenvalue weighted by Crippen LogP contribution is -2.31. The number of phenols is 1. The van der Waals surface area contributed by atoms with Gasteiger partial charge in [-0.2, -0.15) is 0 Å². The number of carbonyl (C=O) groups is 1. The number of phenolic OH excluding ortho intramolecular Hbond substituents is 1. The predicted molar refractivity (Wildman–Crippen MR) is 82.2 cm³/mol. The molecule has 0 saturated carbocycles. The minimum Gasteiger partial charge on any atom is -0.508 e. The fourth-order valence-corrected chi connectivity index (χ4v) is 3.06. The number of thiophene rings is 1. The van der Waals surface area contributed by atoms with E-state index < -0.39 is 0 Å². The summed E-state index contributed by atoms with van der Waals surface area (Å²) >= 11 is 7.39. The summed E-state index contributed by atoms with van der Waals surface area (Å²) in [6.45, 7) is 3.17. The summed E-state index contributed by atoms with van der Waals surface area (Å²) in [4.78, 5) is 15.1. The van der Waals surface area contributed by atoms with Crippen LogP contribution in [0.2, 0.25) is 4.34 Å². The van der Waals surface area contributed by atoms with Crippen LogP contribution in [0.4, 0.5) is 0 Å². The maximum absolute atomic E-state index is 12.3. The largest absolute Gasteiger partial charge is 0.508 e. The Labute approximate surface area is 127 Å². The van der Waals surface area contributed by atoms with Crippen LogP contribution < -0.4 is 0 Å². The molecule has 1 aromatic heterocycles. The molecule has 0 fully saturated rings. The lowest BCUT2D eigenvalue weighted by atomic mass is 10.1. The van der Waals surface area contributed by atoms with Crippen molar-refractivity contribution in [3.05, 3.63) is 51.2 Å². The summed E-state index contributed by atoms with van der Waals surface area (Å²) in [5, 5.41) is 9.42. The number of likely N-dealkylation sites (N-methyl/N-ethyl adjacent to an activating group) is 1. The van der Waals surface area contributed by atoms with Gasteiger partial charge in [0, 0.05) is 11.4 Å². The molecule has 0 bridgehead atoms. The fraction of sp³-hybridized carbons (Fsp3) is 0.267. The van der Waals surface area contributed by atoms with E-state index in [2.05, 4.69) is 0 Å². The van der Waals surface area contributed by atoms with Gasteiger partial charge in [0.05, 0.1) is 17.3 Å². The van der Waals surface area contributed by atoms with Crippen LogP contribution in [0.3, 0.4) is 0 Å². The molecule has 0 unspecified atom stereocenters. The predicted octanol–water partition coefficient (Wildman–Crippen LogP) is 3.70. The Morgan fingerprint density at radius 3 is 2.75 bits per heavy atom. The van der Waals surface area contributed by atoms with Crippen LogP contribution in [-0.4, -0.2) is 22.5 Å². The van der Waals surface area contributed by atoms with E-state index in [4.69, 9.17) is 11.6 Å². The topological polar surface area (TPSA) is 40.5 Å². The smallest absolute Gasteiger partial charge is 0.227 e. The zero-order valence-electron chi connectivity index (χ0n) is 11.2. The van der Waals surface area contributed by atoms with E-state index in [9.17, 15) is 9.90 Å². The first-order valence-electron chi connectivity index (χ1n) is 6.38. The molecule has 0 aliphatic rings. The first kappa shape index (κ1) is 14.9. The Bertz CT molecular complexity index is 597. The van der Waals surface area contributed by atoms with Gasteiger partial charge in [0.25, 0.3) is 0 Å². The van der Waals surface area contributed by atoms with Gasteiger partial charge in [0.15, 0.2) is 0 Å². The molecule has 5 heteroatoms. The van der Waals surface area contributed by atoms with Crippen molar-refractivity contribution in [1.82, 2.24) is 4.90 Å². The quantitative estimate of drug-likeness (QED) is 0.915. The van der Waals surface area contributed by atoms with E-state index in [1.807, 2.05) is 25.1 Å². The van der Waals surface area contributed by atoms with Crippen molar-refractivity contribution in [2.75, 3.05) is 6.54 Å². The molecule has 0 spiro atoms. The molecule has 106 valence electrons. The monoisotopic (exact) mass is 309 g/mol. The molecular weight excluding hydrogens is 294 g/mol. The second kappa shape index (κ2) is 6.77. The van der Waals surface area contributed by atoms with E-state index in [0.29, 0.717) is 19.5 Å². The third-order valence-corrected chi connectivity index (χ3v) is 4.19. The van der Waals surface area contributed by atoms with E-state index in [1.165, 1.54) is 11.3 Å². The number of hydrogen-bond acceptors (Lipinski definition) is 3. The van der Waals surface area contributed by atoms with Gasteiger partial charge in [-0.25, -0.2) is 0 Å². The van der Waals surface area contributed by atoms with Crippen molar-refractivity contribution in [3.63, 3.8) is 0 Å². The number of benzene rings is 1. The van der Waals surface area contributed by atoms with Gasteiger partial charge in [-0.3, -0.25) is 4.79 Å². The van der Waals surface area contributed by atoms with Crippen LogP contribution in [0.5, 0.6) is 5.75 Å². The zero-order valence-corrected chi connectivity index (χ0v) is 12.7. The van der Waals surface area contributed by atoms with Crippen LogP contribution in [-0.2, 0) is 17.8 Å². The third kappa shape index (κ3) is 3.99. The van der Waals surface area contributed by atoms with Crippen molar-refractivity contribution < 1.29 is 9.90 Å². The van der Waals surface area contributed by atoms with Crippen molar-refractivity contribution in [3.8, 4) is 5.75 Å². The normalized spacial score (nSPS) is 10.5. The molecule has 1 N–H and O–H groups in total. The lowest BCUT2D eigenvalue weighted by molar-refractivity contribution is -0.130. The van der Waals surface area contributed by atoms with Crippen LogP contribution in [0.15, 0.2) is 36.4 Å². The molecule has 0 aliphatic heterocycles. The van der Waals surface area contributed by atoms with Gasteiger partial charge >= 0.3 is 0 Å². The van der Waals surface area contributed by atoms with Gasteiger partial charge in [-0.1, -0.05) is 23.7 Å². The maximum atomic E-state index is 12.3. The number of nitrogens with zero attached hydrogens (tertiary/aromatic N) is 1. The molecule has 2 rings (SSSR count). The Morgan fingerprint density at radius 2 is 2.15 bits per heavy atom. The van der Waals surface area contributed by atoms with Crippen molar-refractivity contribution in [2.45, 2.75) is 19.9 Å². The molecule has 20 heavy (non-hydrogen) atoms. The summed E-state index contributed by atoms with van der Waals surface area (Å²) < 4.78 is 0.733.